The monoisotopic (exact) mass is 218 g/mol. The van der Waals surface area contributed by atoms with Gasteiger partial charge in [-0.3, -0.25) is 4.79 Å². The molecule has 0 bridgehead atoms. The first-order valence-corrected chi connectivity index (χ1v) is 3.85. The summed E-state index contributed by atoms with van der Waals surface area (Å²) in [6, 6.07) is 1.20. The first kappa shape index (κ1) is 13.2. The average Bonchev–Trinajstić information content (AvgIpc) is 2.09. The molecule has 3 nitrogen and oxygen atoms in total. The number of carbonyl (C=O) groups excluding carboxylic acids is 1. The molecule has 0 saturated carbocycles. The van der Waals surface area contributed by atoms with Crippen LogP contribution in [-0.4, -0.2) is 31.0 Å². The van der Waals surface area contributed by atoms with Gasteiger partial charge in [-0.05, 0) is 18.4 Å². The van der Waals surface area contributed by atoms with Crippen molar-refractivity contribution in [3.63, 3.8) is 0 Å². The molecule has 0 atom stereocenters. The Morgan fingerprint density at radius 1 is 1.40 bits per heavy atom. The van der Waals surface area contributed by atoms with Crippen molar-refractivity contribution in [2.45, 2.75) is 6.18 Å². The van der Waals surface area contributed by atoms with Gasteiger partial charge >= 0.3 is 6.18 Å². The third-order valence-electron chi connectivity index (χ3n) is 1.27. The Labute approximate surface area is 85.1 Å². The zero-order valence-corrected chi connectivity index (χ0v) is 8.17. The number of carbonyl (C=O) groups is 1. The van der Waals surface area contributed by atoms with E-state index in [9.17, 15) is 18.0 Å². The maximum atomic E-state index is 11.9. The summed E-state index contributed by atoms with van der Waals surface area (Å²) >= 11 is 0. The second kappa shape index (κ2) is 5.20. The molecule has 0 amide bonds. The van der Waals surface area contributed by atoms with E-state index in [1.54, 1.807) is 19.0 Å². The fraction of sp³-hybridized carbons (Fsp3) is 0.333. The molecule has 82 valence electrons. The van der Waals surface area contributed by atoms with Crippen LogP contribution in [0.1, 0.15) is 0 Å². The Morgan fingerprint density at radius 3 is 2.27 bits per heavy atom. The predicted molar refractivity (Wildman–Crippen MR) is 47.6 cm³/mol. The molecule has 6 heteroatoms. The second-order valence-electron chi connectivity index (χ2n) is 2.82. The van der Waals surface area contributed by atoms with E-state index in [0.29, 0.717) is 0 Å². The topological polar surface area (TPSA) is 44.1 Å². The molecule has 0 heterocycles. The number of nitriles is 1. The maximum Gasteiger partial charge on any atom is 0.455 e. The fourth-order valence-electron chi connectivity index (χ4n) is 0.628. The van der Waals surface area contributed by atoms with Crippen molar-refractivity contribution >= 4 is 5.78 Å². The highest BCUT2D eigenvalue weighted by atomic mass is 19.4. The summed E-state index contributed by atoms with van der Waals surface area (Å²) in [6.45, 7) is 0. The molecule has 0 N–H and O–H groups in total. The van der Waals surface area contributed by atoms with Gasteiger partial charge in [0.1, 0.15) is 11.6 Å². The average molecular weight is 218 g/mol. The van der Waals surface area contributed by atoms with E-state index in [2.05, 4.69) is 0 Å². The Balaban J connectivity index is 4.81. The van der Waals surface area contributed by atoms with Gasteiger partial charge in [-0.1, -0.05) is 0 Å². The smallest absolute Gasteiger partial charge is 0.383 e. The molecule has 0 rings (SSSR count). The molecule has 0 aliphatic rings. The quantitative estimate of drug-likeness (QED) is 0.411. The van der Waals surface area contributed by atoms with Crippen LogP contribution in [0.3, 0.4) is 0 Å². The van der Waals surface area contributed by atoms with Crippen molar-refractivity contribution in [3.05, 3.63) is 23.9 Å². The van der Waals surface area contributed by atoms with E-state index in [-0.39, 0.29) is 0 Å². The molecule has 0 saturated heterocycles. The van der Waals surface area contributed by atoms with Crippen molar-refractivity contribution in [3.8, 4) is 6.07 Å². The van der Waals surface area contributed by atoms with Crippen LogP contribution in [0.15, 0.2) is 23.9 Å². The lowest BCUT2D eigenvalue weighted by atomic mass is 10.1. The van der Waals surface area contributed by atoms with E-state index in [4.69, 9.17) is 5.26 Å². The molecule has 0 aromatic heterocycles. The number of hydrogen-bond donors (Lipinski definition) is 0. The van der Waals surface area contributed by atoms with Crippen LogP contribution in [-0.2, 0) is 4.79 Å². The van der Waals surface area contributed by atoms with Gasteiger partial charge in [0.2, 0.25) is 0 Å². The highest BCUT2D eigenvalue weighted by molar-refractivity contribution is 6.03. The molecule has 0 unspecified atom stereocenters. The minimum Gasteiger partial charge on any atom is -0.383 e. The van der Waals surface area contributed by atoms with Gasteiger partial charge < -0.3 is 4.90 Å². The number of ketones is 1. The van der Waals surface area contributed by atoms with Crippen LogP contribution < -0.4 is 0 Å². The van der Waals surface area contributed by atoms with E-state index in [0.717, 1.165) is 6.08 Å². The summed E-state index contributed by atoms with van der Waals surface area (Å²) in [5, 5.41) is 8.34. The van der Waals surface area contributed by atoms with Crippen LogP contribution in [0.5, 0.6) is 0 Å². The van der Waals surface area contributed by atoms with Gasteiger partial charge in [-0.2, -0.15) is 18.4 Å². The van der Waals surface area contributed by atoms with Crippen LogP contribution >= 0.6 is 0 Å². The molecule has 0 spiro atoms. The first-order chi connectivity index (χ1) is 6.79. The summed E-state index contributed by atoms with van der Waals surface area (Å²) in [5.41, 5.74) is -0.930. The Morgan fingerprint density at radius 2 is 1.93 bits per heavy atom. The molecule has 0 aliphatic carbocycles. The lowest BCUT2D eigenvalue weighted by Gasteiger charge is -2.03. The summed E-state index contributed by atoms with van der Waals surface area (Å²) in [7, 11) is 3.31. The third kappa shape index (κ3) is 4.86. The van der Waals surface area contributed by atoms with Crippen molar-refractivity contribution < 1.29 is 18.0 Å². The zero-order valence-electron chi connectivity index (χ0n) is 8.17. The number of alkyl halides is 3. The Hall–Kier alpha value is -1.77. The van der Waals surface area contributed by atoms with Crippen molar-refractivity contribution in [1.29, 1.82) is 5.26 Å². The van der Waals surface area contributed by atoms with Gasteiger partial charge in [0.15, 0.2) is 0 Å². The Kier molecular flexibility index (Phi) is 4.58. The predicted octanol–water partition coefficient (Wildman–Crippen LogP) is 1.64. The number of halogens is 3. The number of hydrogen-bond acceptors (Lipinski definition) is 3. The second-order valence-corrected chi connectivity index (χ2v) is 2.82. The van der Waals surface area contributed by atoms with E-state index in [1.807, 2.05) is 0 Å². The minimum absolute atomic E-state index is 0.829. The van der Waals surface area contributed by atoms with Crippen LogP contribution in [0, 0.1) is 11.3 Å². The SMILES string of the molecule is CN(C)/C=C/C=C(C#N)C(=O)C(F)(F)F. The summed E-state index contributed by atoms with van der Waals surface area (Å²) in [5.74, 6) is -2.13. The molecule has 0 aromatic rings. The molecular formula is C9H9F3N2O. The first-order valence-electron chi connectivity index (χ1n) is 3.85. The highest BCUT2D eigenvalue weighted by Crippen LogP contribution is 2.20. The summed E-state index contributed by atoms with van der Waals surface area (Å²) in [4.78, 5) is 12.2. The number of rotatable bonds is 3. The van der Waals surface area contributed by atoms with E-state index in [1.165, 1.54) is 18.3 Å². The van der Waals surface area contributed by atoms with Crippen molar-refractivity contribution in [2.24, 2.45) is 0 Å². The summed E-state index contributed by atoms with van der Waals surface area (Å²) < 4.78 is 35.7. The highest BCUT2D eigenvalue weighted by Gasteiger charge is 2.40. The molecule has 0 aliphatic heterocycles. The van der Waals surface area contributed by atoms with Crippen LogP contribution in [0.4, 0.5) is 13.2 Å². The number of allylic oxidation sites excluding steroid dienone is 3. The standard InChI is InChI=1S/C9H9F3N2O/c1-14(2)5-3-4-7(6-13)8(15)9(10,11)12/h3-5H,1-2H3/b5-3+,7-4?. The lowest BCUT2D eigenvalue weighted by molar-refractivity contribution is -0.166. The van der Waals surface area contributed by atoms with Gasteiger partial charge in [-0.25, -0.2) is 0 Å². The molecule has 0 radical (unpaired) electrons. The van der Waals surface area contributed by atoms with Gasteiger partial charge in [0, 0.05) is 14.1 Å². The third-order valence-corrected chi connectivity index (χ3v) is 1.27. The lowest BCUT2D eigenvalue weighted by Crippen LogP contribution is -2.23. The molecular weight excluding hydrogens is 209 g/mol. The van der Waals surface area contributed by atoms with Gasteiger partial charge in [0.25, 0.3) is 5.78 Å². The van der Waals surface area contributed by atoms with Crippen molar-refractivity contribution in [2.75, 3.05) is 14.1 Å². The summed E-state index contributed by atoms with van der Waals surface area (Å²) in [6.07, 6.45) is -1.56. The van der Waals surface area contributed by atoms with E-state index >= 15 is 0 Å². The maximum absolute atomic E-state index is 11.9. The molecule has 0 fully saturated rings. The van der Waals surface area contributed by atoms with Crippen molar-refractivity contribution in [1.82, 2.24) is 4.90 Å². The Bertz CT molecular complexity index is 334. The number of Topliss-reactive ketones (excluding diaryl/α,β-unsaturated/α-hetero) is 1. The zero-order chi connectivity index (χ0) is 12.1. The molecule has 15 heavy (non-hydrogen) atoms. The fourth-order valence-corrected chi connectivity index (χ4v) is 0.628. The largest absolute Gasteiger partial charge is 0.455 e. The van der Waals surface area contributed by atoms with Gasteiger partial charge in [-0.15, -0.1) is 0 Å². The normalized spacial score (nSPS) is 12.7. The van der Waals surface area contributed by atoms with Gasteiger partial charge in [0.05, 0.1) is 0 Å². The number of nitrogens with zero attached hydrogens (tertiary/aromatic N) is 2. The van der Waals surface area contributed by atoms with E-state index < -0.39 is 17.5 Å². The minimum atomic E-state index is -5.01. The molecule has 0 aromatic carbocycles. The van der Waals surface area contributed by atoms with Crippen LogP contribution in [0.2, 0.25) is 0 Å². The van der Waals surface area contributed by atoms with Crippen LogP contribution in [0.25, 0.3) is 0 Å².